The number of rotatable bonds is 9. The second-order valence-corrected chi connectivity index (χ2v) is 5.42. The summed E-state index contributed by atoms with van der Waals surface area (Å²) >= 11 is 0. The average molecular weight is 340 g/mol. The molecule has 0 spiro atoms. The zero-order valence-electron chi connectivity index (χ0n) is 14.7. The van der Waals surface area contributed by atoms with Gasteiger partial charge < -0.3 is 14.2 Å². The van der Waals surface area contributed by atoms with Crippen molar-refractivity contribution in [3.05, 3.63) is 71.5 Å². The number of carbonyl (C=O) groups excluding carboxylic acids is 1. The minimum atomic E-state index is -0.444. The van der Waals surface area contributed by atoms with Crippen LogP contribution in [0.25, 0.3) is 6.08 Å². The largest absolute Gasteiger partial charge is 0.489 e. The second kappa shape index (κ2) is 10.2. The molecule has 0 radical (unpaired) electrons. The molecule has 0 amide bonds. The number of hydrogen-bond donors (Lipinski definition) is 0. The van der Waals surface area contributed by atoms with E-state index in [9.17, 15) is 4.79 Å². The first-order valence-electron chi connectivity index (χ1n) is 8.51. The highest BCUT2D eigenvalue weighted by Crippen LogP contribution is 2.17. The van der Waals surface area contributed by atoms with Gasteiger partial charge >= 0.3 is 5.97 Å². The Balaban J connectivity index is 2.02. The lowest BCUT2D eigenvalue weighted by Gasteiger charge is -2.09. The molecule has 0 aromatic heterocycles. The Kier molecular flexibility index (Phi) is 7.57. The molecule has 0 bridgehead atoms. The molecule has 0 aliphatic heterocycles. The van der Waals surface area contributed by atoms with Crippen molar-refractivity contribution in [2.24, 2.45) is 0 Å². The molecule has 0 saturated heterocycles. The van der Waals surface area contributed by atoms with Crippen LogP contribution in [0.1, 0.15) is 31.4 Å². The summed E-state index contributed by atoms with van der Waals surface area (Å²) in [5, 5.41) is 0. The summed E-state index contributed by atoms with van der Waals surface area (Å²) in [6.45, 7) is 5.07. The Hall–Kier alpha value is -2.75. The molecule has 4 nitrogen and oxygen atoms in total. The molecule has 0 atom stereocenters. The fraction of sp³-hybridized carbons (Fsp3) is 0.286. The smallest absolute Gasteiger partial charge is 0.373 e. The van der Waals surface area contributed by atoms with Gasteiger partial charge in [0.05, 0.1) is 13.2 Å². The second-order valence-electron chi connectivity index (χ2n) is 5.42. The lowest BCUT2D eigenvalue weighted by atomic mass is 10.2. The predicted octanol–water partition coefficient (Wildman–Crippen LogP) is 4.60. The molecule has 2 aromatic rings. The monoisotopic (exact) mass is 340 g/mol. The van der Waals surface area contributed by atoms with Gasteiger partial charge in [0, 0.05) is 0 Å². The zero-order chi connectivity index (χ0) is 17.9. The first-order valence-corrected chi connectivity index (χ1v) is 8.51. The van der Waals surface area contributed by atoms with Gasteiger partial charge in [0.15, 0.2) is 0 Å². The molecule has 2 aromatic carbocycles. The van der Waals surface area contributed by atoms with Gasteiger partial charge in [-0.25, -0.2) is 4.79 Å². The molecular weight excluding hydrogens is 316 g/mol. The molecule has 2 rings (SSSR count). The maximum atomic E-state index is 11.9. The van der Waals surface area contributed by atoms with Crippen molar-refractivity contribution >= 4 is 12.0 Å². The maximum absolute atomic E-state index is 11.9. The van der Waals surface area contributed by atoms with E-state index < -0.39 is 5.97 Å². The van der Waals surface area contributed by atoms with E-state index in [2.05, 4.69) is 0 Å². The topological polar surface area (TPSA) is 44.8 Å². The summed E-state index contributed by atoms with van der Waals surface area (Å²) in [4.78, 5) is 11.9. The van der Waals surface area contributed by atoms with Gasteiger partial charge in [0.2, 0.25) is 5.76 Å². The number of carbonyl (C=O) groups is 1. The number of hydrogen-bond acceptors (Lipinski definition) is 4. The highest BCUT2D eigenvalue weighted by Gasteiger charge is 2.12. The Labute approximate surface area is 149 Å². The highest BCUT2D eigenvalue weighted by atomic mass is 16.6. The van der Waals surface area contributed by atoms with Crippen LogP contribution in [-0.2, 0) is 20.9 Å². The van der Waals surface area contributed by atoms with E-state index in [0.29, 0.717) is 19.8 Å². The molecule has 0 unspecified atom stereocenters. The van der Waals surface area contributed by atoms with Crippen LogP contribution in [0.5, 0.6) is 5.75 Å². The van der Waals surface area contributed by atoms with Gasteiger partial charge in [0.1, 0.15) is 12.4 Å². The SMILES string of the molecule is CCCO/C(=C\c1ccc(OCc2ccccc2)cc1)C(=O)OCC. The van der Waals surface area contributed by atoms with E-state index in [-0.39, 0.29) is 5.76 Å². The molecular formula is C21H24O4. The minimum absolute atomic E-state index is 0.224. The number of benzene rings is 2. The van der Waals surface area contributed by atoms with Gasteiger partial charge in [-0.1, -0.05) is 49.4 Å². The van der Waals surface area contributed by atoms with Gasteiger partial charge in [-0.05, 0) is 42.7 Å². The summed E-state index contributed by atoms with van der Waals surface area (Å²) in [7, 11) is 0. The zero-order valence-corrected chi connectivity index (χ0v) is 14.7. The summed E-state index contributed by atoms with van der Waals surface area (Å²) in [6.07, 6.45) is 2.51. The van der Waals surface area contributed by atoms with Crippen LogP contribution in [0.15, 0.2) is 60.4 Å². The summed E-state index contributed by atoms with van der Waals surface area (Å²) in [5.41, 5.74) is 1.97. The van der Waals surface area contributed by atoms with E-state index in [4.69, 9.17) is 14.2 Å². The first-order chi connectivity index (χ1) is 12.2. The maximum Gasteiger partial charge on any atom is 0.373 e. The van der Waals surface area contributed by atoms with Crippen molar-refractivity contribution in [2.75, 3.05) is 13.2 Å². The van der Waals surface area contributed by atoms with Crippen molar-refractivity contribution < 1.29 is 19.0 Å². The fourth-order valence-electron chi connectivity index (χ4n) is 2.13. The molecule has 0 aliphatic rings. The van der Waals surface area contributed by atoms with Crippen LogP contribution < -0.4 is 4.74 Å². The number of ether oxygens (including phenoxy) is 3. The van der Waals surface area contributed by atoms with Gasteiger partial charge in [0.25, 0.3) is 0 Å². The lowest BCUT2D eigenvalue weighted by Crippen LogP contribution is -2.11. The molecule has 0 saturated carbocycles. The highest BCUT2D eigenvalue weighted by molar-refractivity contribution is 5.91. The molecule has 0 fully saturated rings. The summed E-state index contributed by atoms with van der Waals surface area (Å²) in [6, 6.07) is 17.5. The van der Waals surface area contributed by atoms with E-state index in [1.807, 2.05) is 61.5 Å². The first kappa shape index (κ1) is 18.6. The van der Waals surface area contributed by atoms with Crippen molar-refractivity contribution in [1.29, 1.82) is 0 Å². The average Bonchev–Trinajstić information content (AvgIpc) is 2.65. The molecule has 4 heteroatoms. The predicted molar refractivity (Wildman–Crippen MR) is 98.1 cm³/mol. The van der Waals surface area contributed by atoms with Crippen LogP contribution in [0.3, 0.4) is 0 Å². The van der Waals surface area contributed by atoms with Crippen LogP contribution in [0.2, 0.25) is 0 Å². The van der Waals surface area contributed by atoms with Crippen LogP contribution >= 0.6 is 0 Å². The third-order valence-electron chi connectivity index (χ3n) is 3.36. The standard InChI is InChI=1S/C21H24O4/c1-3-14-24-20(21(22)23-4-2)15-17-10-12-19(13-11-17)25-16-18-8-6-5-7-9-18/h5-13,15H,3-4,14,16H2,1-2H3/b20-15-. The Morgan fingerprint density at radius 3 is 2.32 bits per heavy atom. The lowest BCUT2D eigenvalue weighted by molar-refractivity contribution is -0.142. The molecule has 25 heavy (non-hydrogen) atoms. The number of esters is 1. The Morgan fingerprint density at radius 1 is 0.960 bits per heavy atom. The third-order valence-corrected chi connectivity index (χ3v) is 3.36. The van der Waals surface area contributed by atoms with E-state index in [1.165, 1.54) is 0 Å². The van der Waals surface area contributed by atoms with Gasteiger partial charge in [-0.3, -0.25) is 0 Å². The Bertz CT molecular complexity index is 675. The van der Waals surface area contributed by atoms with Gasteiger partial charge in [-0.2, -0.15) is 0 Å². The quantitative estimate of drug-likeness (QED) is 0.380. The molecule has 0 aliphatic carbocycles. The normalized spacial score (nSPS) is 11.0. The third kappa shape index (κ3) is 6.34. The van der Waals surface area contributed by atoms with Crippen LogP contribution in [0.4, 0.5) is 0 Å². The fourth-order valence-corrected chi connectivity index (χ4v) is 2.13. The Morgan fingerprint density at radius 2 is 1.68 bits per heavy atom. The van der Waals surface area contributed by atoms with Crippen molar-refractivity contribution in [3.8, 4) is 5.75 Å². The van der Waals surface area contributed by atoms with Crippen LogP contribution in [-0.4, -0.2) is 19.2 Å². The summed E-state index contributed by atoms with van der Waals surface area (Å²) in [5.74, 6) is 0.551. The van der Waals surface area contributed by atoms with E-state index >= 15 is 0 Å². The molecule has 0 N–H and O–H groups in total. The molecule has 0 heterocycles. The van der Waals surface area contributed by atoms with Crippen molar-refractivity contribution in [2.45, 2.75) is 26.9 Å². The van der Waals surface area contributed by atoms with Crippen LogP contribution in [0, 0.1) is 0 Å². The van der Waals surface area contributed by atoms with Gasteiger partial charge in [-0.15, -0.1) is 0 Å². The minimum Gasteiger partial charge on any atom is -0.489 e. The van der Waals surface area contributed by atoms with Crippen molar-refractivity contribution in [1.82, 2.24) is 0 Å². The van der Waals surface area contributed by atoms with E-state index in [0.717, 1.165) is 23.3 Å². The summed E-state index contributed by atoms with van der Waals surface area (Å²) < 4.78 is 16.3. The van der Waals surface area contributed by atoms with Crippen molar-refractivity contribution in [3.63, 3.8) is 0 Å². The molecule has 132 valence electrons. The van der Waals surface area contributed by atoms with E-state index in [1.54, 1.807) is 13.0 Å².